The van der Waals surface area contributed by atoms with Gasteiger partial charge in [0.05, 0.1) is 4.83 Å². The van der Waals surface area contributed by atoms with Gasteiger partial charge in [-0.25, -0.2) is 4.39 Å². The molecule has 0 aromatic heterocycles. The van der Waals surface area contributed by atoms with Crippen LogP contribution in [0.3, 0.4) is 0 Å². The van der Waals surface area contributed by atoms with Crippen LogP contribution in [0.15, 0.2) is 30.3 Å². The van der Waals surface area contributed by atoms with Crippen molar-refractivity contribution in [3.05, 3.63) is 68.4 Å². The van der Waals surface area contributed by atoms with Crippen LogP contribution in [0, 0.1) is 19.7 Å². The van der Waals surface area contributed by atoms with Crippen LogP contribution in [0.1, 0.15) is 27.1 Å². The Morgan fingerprint density at radius 2 is 1.63 bits per heavy atom. The van der Waals surface area contributed by atoms with Gasteiger partial charge in [-0.05, 0) is 66.4 Å². The second-order valence-electron chi connectivity index (χ2n) is 4.48. The van der Waals surface area contributed by atoms with Crippen molar-refractivity contribution in [2.24, 2.45) is 0 Å². The Morgan fingerprint density at radius 3 is 2.21 bits per heavy atom. The summed E-state index contributed by atoms with van der Waals surface area (Å²) >= 11 is 15.9. The number of alkyl halides is 1. The quantitative estimate of drug-likeness (QED) is 0.556. The predicted molar refractivity (Wildman–Crippen MR) is 83.1 cm³/mol. The minimum absolute atomic E-state index is 0.112. The Kier molecular flexibility index (Phi) is 4.54. The highest BCUT2D eigenvalue weighted by molar-refractivity contribution is 9.09. The van der Waals surface area contributed by atoms with Crippen molar-refractivity contribution in [2.75, 3.05) is 0 Å². The molecular formula is C15H12BrCl2F. The molecule has 0 nitrogen and oxygen atoms in total. The van der Waals surface area contributed by atoms with E-state index in [0.717, 1.165) is 22.3 Å². The highest BCUT2D eigenvalue weighted by Crippen LogP contribution is 2.39. The standard InChI is InChI=1S/C15H12BrCl2F/c1-8-5-11(19)6-9(2)14(8)15(16)12-7-10(17)3-4-13(12)18/h3-7,15H,1-2H3. The van der Waals surface area contributed by atoms with Crippen molar-refractivity contribution < 1.29 is 4.39 Å². The second kappa shape index (κ2) is 5.82. The molecule has 0 saturated heterocycles. The first kappa shape index (κ1) is 14.8. The van der Waals surface area contributed by atoms with E-state index in [1.807, 2.05) is 19.9 Å². The Bertz CT molecular complexity index is 603. The Balaban J connectivity index is 2.56. The van der Waals surface area contributed by atoms with Gasteiger partial charge in [-0.2, -0.15) is 0 Å². The van der Waals surface area contributed by atoms with Crippen LogP contribution in [0.25, 0.3) is 0 Å². The Labute approximate surface area is 130 Å². The van der Waals surface area contributed by atoms with E-state index in [4.69, 9.17) is 23.2 Å². The lowest BCUT2D eigenvalue weighted by atomic mass is 9.96. The highest BCUT2D eigenvalue weighted by Gasteiger charge is 2.19. The molecule has 0 aliphatic rings. The molecular weight excluding hydrogens is 350 g/mol. The number of hydrogen-bond acceptors (Lipinski definition) is 0. The molecule has 0 aliphatic carbocycles. The first-order valence-electron chi connectivity index (χ1n) is 5.76. The SMILES string of the molecule is Cc1cc(F)cc(C)c1C(Br)c1cc(Cl)ccc1Cl. The zero-order valence-electron chi connectivity index (χ0n) is 10.5. The highest BCUT2D eigenvalue weighted by atomic mass is 79.9. The molecule has 1 unspecified atom stereocenters. The zero-order valence-corrected chi connectivity index (χ0v) is 13.6. The fourth-order valence-electron chi connectivity index (χ4n) is 2.19. The molecule has 2 rings (SSSR count). The number of halogens is 4. The van der Waals surface area contributed by atoms with E-state index in [-0.39, 0.29) is 10.6 Å². The van der Waals surface area contributed by atoms with E-state index in [9.17, 15) is 4.39 Å². The van der Waals surface area contributed by atoms with Crippen molar-refractivity contribution in [3.8, 4) is 0 Å². The van der Waals surface area contributed by atoms with Crippen LogP contribution in [-0.2, 0) is 0 Å². The van der Waals surface area contributed by atoms with Crippen LogP contribution in [0.5, 0.6) is 0 Å². The van der Waals surface area contributed by atoms with E-state index >= 15 is 0 Å². The molecule has 2 aromatic carbocycles. The van der Waals surface area contributed by atoms with Gasteiger partial charge >= 0.3 is 0 Å². The van der Waals surface area contributed by atoms with Gasteiger partial charge in [0.2, 0.25) is 0 Å². The predicted octanol–water partition coefficient (Wildman–Crippen LogP) is 6.23. The van der Waals surface area contributed by atoms with Crippen molar-refractivity contribution in [2.45, 2.75) is 18.7 Å². The summed E-state index contributed by atoms with van der Waals surface area (Å²) < 4.78 is 13.4. The summed E-state index contributed by atoms with van der Waals surface area (Å²) in [6.07, 6.45) is 0. The Hall–Kier alpha value is -0.570. The molecule has 19 heavy (non-hydrogen) atoms. The minimum atomic E-state index is -0.226. The third kappa shape index (κ3) is 3.13. The molecule has 0 N–H and O–H groups in total. The molecule has 1 atom stereocenters. The molecule has 4 heteroatoms. The lowest BCUT2D eigenvalue weighted by Gasteiger charge is -2.18. The molecule has 0 amide bonds. The third-order valence-electron chi connectivity index (χ3n) is 3.04. The Morgan fingerprint density at radius 1 is 1.05 bits per heavy atom. The molecule has 100 valence electrons. The van der Waals surface area contributed by atoms with Crippen molar-refractivity contribution in [1.29, 1.82) is 0 Å². The third-order valence-corrected chi connectivity index (χ3v) is 4.57. The van der Waals surface area contributed by atoms with Crippen LogP contribution in [-0.4, -0.2) is 0 Å². The van der Waals surface area contributed by atoms with Crippen LogP contribution >= 0.6 is 39.1 Å². The largest absolute Gasteiger partial charge is 0.207 e. The fourth-order valence-corrected chi connectivity index (χ4v) is 3.83. The number of benzene rings is 2. The molecule has 0 radical (unpaired) electrons. The maximum absolute atomic E-state index is 13.4. The first-order chi connectivity index (χ1) is 8.90. The summed E-state index contributed by atoms with van der Waals surface area (Å²) in [7, 11) is 0. The summed E-state index contributed by atoms with van der Waals surface area (Å²) in [5.41, 5.74) is 3.67. The second-order valence-corrected chi connectivity index (χ2v) is 6.24. The van der Waals surface area contributed by atoms with Crippen molar-refractivity contribution >= 4 is 39.1 Å². The molecule has 0 spiro atoms. The number of aryl methyl sites for hydroxylation is 2. The van der Waals surface area contributed by atoms with Crippen molar-refractivity contribution in [1.82, 2.24) is 0 Å². The number of hydrogen-bond donors (Lipinski definition) is 0. The fraction of sp³-hybridized carbons (Fsp3) is 0.200. The normalized spacial score (nSPS) is 12.5. The monoisotopic (exact) mass is 360 g/mol. The van der Waals surface area contributed by atoms with Crippen molar-refractivity contribution in [3.63, 3.8) is 0 Å². The van der Waals surface area contributed by atoms with Crippen LogP contribution in [0.4, 0.5) is 4.39 Å². The summed E-state index contributed by atoms with van der Waals surface area (Å²) in [6, 6.07) is 8.38. The van der Waals surface area contributed by atoms with E-state index in [2.05, 4.69) is 15.9 Å². The molecule has 0 bridgehead atoms. The maximum Gasteiger partial charge on any atom is 0.123 e. The summed E-state index contributed by atoms with van der Waals surface area (Å²) in [5, 5.41) is 1.26. The lowest BCUT2D eigenvalue weighted by Crippen LogP contribution is -2.01. The number of rotatable bonds is 2. The first-order valence-corrected chi connectivity index (χ1v) is 7.43. The summed E-state index contributed by atoms with van der Waals surface area (Å²) in [5.74, 6) is -0.226. The molecule has 0 heterocycles. The van der Waals surface area contributed by atoms with Gasteiger partial charge in [0.25, 0.3) is 0 Å². The molecule has 0 fully saturated rings. The zero-order chi connectivity index (χ0) is 14.2. The smallest absolute Gasteiger partial charge is 0.123 e. The van der Waals surface area contributed by atoms with E-state index in [0.29, 0.717) is 10.0 Å². The maximum atomic E-state index is 13.4. The average molecular weight is 362 g/mol. The van der Waals surface area contributed by atoms with E-state index in [1.165, 1.54) is 12.1 Å². The molecule has 2 aromatic rings. The molecule has 0 aliphatic heterocycles. The van der Waals surface area contributed by atoms with Crippen LogP contribution < -0.4 is 0 Å². The van der Waals surface area contributed by atoms with Gasteiger partial charge < -0.3 is 0 Å². The molecule has 0 saturated carbocycles. The van der Waals surface area contributed by atoms with E-state index in [1.54, 1.807) is 12.1 Å². The van der Waals surface area contributed by atoms with Gasteiger partial charge in [0.1, 0.15) is 5.82 Å². The van der Waals surface area contributed by atoms with Gasteiger partial charge in [-0.15, -0.1) is 0 Å². The van der Waals surface area contributed by atoms with Gasteiger partial charge in [-0.3, -0.25) is 0 Å². The van der Waals surface area contributed by atoms with Gasteiger partial charge in [0.15, 0.2) is 0 Å². The summed E-state index contributed by atoms with van der Waals surface area (Å²) in [4.78, 5) is -0.112. The lowest BCUT2D eigenvalue weighted by molar-refractivity contribution is 0.624. The average Bonchev–Trinajstić information content (AvgIpc) is 2.30. The van der Waals surface area contributed by atoms with Crippen LogP contribution in [0.2, 0.25) is 10.0 Å². The van der Waals surface area contributed by atoms with E-state index < -0.39 is 0 Å². The summed E-state index contributed by atoms with van der Waals surface area (Å²) in [6.45, 7) is 3.77. The minimum Gasteiger partial charge on any atom is -0.207 e. The van der Waals surface area contributed by atoms with Gasteiger partial charge in [-0.1, -0.05) is 39.1 Å². The topological polar surface area (TPSA) is 0 Å². The van der Waals surface area contributed by atoms with Gasteiger partial charge in [0, 0.05) is 10.0 Å².